The summed E-state index contributed by atoms with van der Waals surface area (Å²) < 4.78 is 0. The fourth-order valence-electron chi connectivity index (χ4n) is 0.456. The normalized spacial score (nSPS) is 11.5. The fraction of sp³-hybridized carbons (Fsp3) is 0.200. The van der Waals surface area contributed by atoms with Gasteiger partial charge >= 0.3 is 37.7 Å². The number of hydrogen-bond donors (Lipinski definition) is 2. The topological polar surface area (TPSA) is 114 Å². The van der Waals surface area contributed by atoms with Crippen LogP contribution < -0.4 is 10.2 Å². The van der Waals surface area contributed by atoms with E-state index in [0.29, 0.717) is 0 Å². The zero-order valence-electron chi connectivity index (χ0n) is 9.77. The van der Waals surface area contributed by atoms with Crippen LogP contribution in [0.5, 0.6) is 0 Å². The molecule has 0 heterocycles. The fourth-order valence-corrected chi connectivity index (χ4v) is 0.666. The SMILES string of the molecule is C=CC(=O)C(S)C(=O)[O-].C=CC(=O)C(S)C(=O)[O-].[Ca+2]. The number of hydrogen-bond acceptors (Lipinski definition) is 8. The molecule has 19 heavy (non-hydrogen) atoms. The van der Waals surface area contributed by atoms with Crippen LogP contribution in [0.2, 0.25) is 0 Å². The summed E-state index contributed by atoms with van der Waals surface area (Å²) in [6, 6.07) is 0. The number of allylic oxidation sites excluding steroid dienone is 2. The molecule has 0 N–H and O–H groups in total. The molecule has 0 bridgehead atoms. The van der Waals surface area contributed by atoms with E-state index in [9.17, 15) is 29.4 Å². The smallest absolute Gasteiger partial charge is 0.548 e. The summed E-state index contributed by atoms with van der Waals surface area (Å²) in [6.45, 7) is 6.15. The molecule has 0 fully saturated rings. The summed E-state index contributed by atoms with van der Waals surface area (Å²) in [7, 11) is 0. The van der Waals surface area contributed by atoms with E-state index in [-0.39, 0.29) is 37.7 Å². The number of ketones is 2. The Morgan fingerprint density at radius 2 is 1.05 bits per heavy atom. The monoisotopic (exact) mass is 330 g/mol. The van der Waals surface area contributed by atoms with Crippen molar-refractivity contribution in [1.82, 2.24) is 0 Å². The Hall–Kier alpha value is -0.280. The van der Waals surface area contributed by atoms with Crippen LogP contribution in [-0.2, 0) is 19.2 Å². The Kier molecular flexibility index (Phi) is 15.9. The zero-order chi connectivity index (χ0) is 14.9. The van der Waals surface area contributed by atoms with Crippen LogP contribution >= 0.6 is 25.3 Å². The van der Waals surface area contributed by atoms with Crippen molar-refractivity contribution in [2.45, 2.75) is 10.5 Å². The van der Waals surface area contributed by atoms with Gasteiger partial charge in [0.1, 0.15) is 10.5 Å². The second-order valence-electron chi connectivity index (χ2n) is 2.66. The van der Waals surface area contributed by atoms with Crippen LogP contribution in [-0.4, -0.2) is 71.7 Å². The third-order valence-corrected chi connectivity index (χ3v) is 2.32. The first kappa shape index (κ1) is 23.8. The Morgan fingerprint density at radius 1 is 0.842 bits per heavy atom. The Labute approximate surface area is 150 Å². The largest absolute Gasteiger partial charge is 2.00 e. The van der Waals surface area contributed by atoms with Crippen LogP contribution in [0.1, 0.15) is 0 Å². The molecule has 0 rings (SSSR count). The molecular weight excluding hydrogens is 320 g/mol. The summed E-state index contributed by atoms with van der Waals surface area (Å²) >= 11 is 6.83. The maximum Gasteiger partial charge on any atom is 2.00 e. The van der Waals surface area contributed by atoms with Gasteiger partial charge in [-0.25, -0.2) is 0 Å². The van der Waals surface area contributed by atoms with E-state index < -0.39 is 34.0 Å². The Morgan fingerprint density at radius 3 is 1.11 bits per heavy atom. The molecule has 0 aromatic carbocycles. The first-order valence-corrected chi connectivity index (χ1v) is 5.32. The molecule has 0 aromatic heterocycles. The molecule has 0 radical (unpaired) electrons. The van der Waals surface area contributed by atoms with Crippen molar-refractivity contribution >= 4 is 86.5 Å². The first-order valence-electron chi connectivity index (χ1n) is 4.29. The minimum atomic E-state index is -1.50. The summed E-state index contributed by atoms with van der Waals surface area (Å²) in [4.78, 5) is 40.4. The quantitative estimate of drug-likeness (QED) is 0.235. The van der Waals surface area contributed by atoms with Gasteiger partial charge in [-0.1, -0.05) is 13.2 Å². The van der Waals surface area contributed by atoms with E-state index in [1.165, 1.54) is 0 Å². The average molecular weight is 330 g/mol. The molecule has 100 valence electrons. The van der Waals surface area contributed by atoms with E-state index in [1.54, 1.807) is 0 Å². The minimum absolute atomic E-state index is 0. The van der Waals surface area contributed by atoms with Crippen LogP contribution in [0.4, 0.5) is 0 Å². The number of rotatable bonds is 6. The molecular formula is C10H10CaO6S2. The van der Waals surface area contributed by atoms with Crippen molar-refractivity contribution in [3.63, 3.8) is 0 Å². The van der Waals surface area contributed by atoms with E-state index in [0.717, 1.165) is 12.2 Å². The van der Waals surface area contributed by atoms with Gasteiger partial charge in [0.15, 0.2) is 11.6 Å². The summed E-state index contributed by atoms with van der Waals surface area (Å²) in [5.41, 5.74) is 0. The third-order valence-electron chi connectivity index (χ3n) is 1.39. The number of carboxylic acids is 2. The first-order chi connectivity index (χ1) is 8.18. The molecule has 0 spiro atoms. The van der Waals surface area contributed by atoms with Gasteiger partial charge in [-0.15, -0.1) is 0 Å². The van der Waals surface area contributed by atoms with Gasteiger partial charge in [-0.3, -0.25) is 9.59 Å². The van der Waals surface area contributed by atoms with Crippen LogP contribution in [0.25, 0.3) is 0 Å². The second-order valence-corrected chi connectivity index (χ2v) is 3.69. The molecule has 0 saturated carbocycles. The van der Waals surface area contributed by atoms with Crippen molar-refractivity contribution in [2.75, 3.05) is 0 Å². The number of carboxylic acid groups (broad SMARTS) is 2. The van der Waals surface area contributed by atoms with Gasteiger partial charge in [0.05, 0.1) is 11.9 Å². The molecule has 0 aromatic rings. The van der Waals surface area contributed by atoms with Crippen LogP contribution in [0.15, 0.2) is 25.3 Å². The van der Waals surface area contributed by atoms with Gasteiger partial charge in [0.25, 0.3) is 0 Å². The molecule has 0 saturated heterocycles. The molecule has 0 amide bonds. The van der Waals surface area contributed by atoms with Gasteiger partial charge < -0.3 is 19.8 Å². The Bertz CT molecular complexity index is 346. The summed E-state index contributed by atoms with van der Waals surface area (Å²) in [6.07, 6.45) is 1.79. The molecule has 9 heteroatoms. The van der Waals surface area contributed by atoms with Crippen molar-refractivity contribution in [3.05, 3.63) is 25.3 Å². The summed E-state index contributed by atoms with van der Waals surface area (Å²) in [5.74, 6) is -4.30. The van der Waals surface area contributed by atoms with Gasteiger partial charge in [0.2, 0.25) is 0 Å². The van der Waals surface area contributed by atoms with Crippen molar-refractivity contribution in [3.8, 4) is 0 Å². The van der Waals surface area contributed by atoms with Gasteiger partial charge in [-0.2, -0.15) is 25.3 Å². The molecule has 0 aliphatic rings. The number of aliphatic carboxylic acids is 2. The maximum absolute atomic E-state index is 10.3. The predicted octanol–water partition coefficient (Wildman–Crippen LogP) is -2.80. The van der Waals surface area contributed by atoms with E-state index in [1.807, 2.05) is 0 Å². The maximum atomic E-state index is 10.3. The third kappa shape index (κ3) is 11.3. The van der Waals surface area contributed by atoms with Crippen LogP contribution in [0, 0.1) is 0 Å². The number of carbonyl (C=O) groups is 4. The van der Waals surface area contributed by atoms with Crippen molar-refractivity contribution in [2.24, 2.45) is 0 Å². The molecule has 0 aliphatic heterocycles. The summed E-state index contributed by atoms with van der Waals surface area (Å²) in [5, 5.41) is 16.9. The Balaban J connectivity index is -0.000000256. The van der Waals surface area contributed by atoms with Crippen LogP contribution in [0.3, 0.4) is 0 Å². The van der Waals surface area contributed by atoms with E-state index in [2.05, 4.69) is 38.4 Å². The second kappa shape index (κ2) is 12.7. The molecule has 0 aliphatic carbocycles. The van der Waals surface area contributed by atoms with E-state index in [4.69, 9.17) is 0 Å². The van der Waals surface area contributed by atoms with E-state index >= 15 is 0 Å². The zero-order valence-corrected chi connectivity index (χ0v) is 13.8. The van der Waals surface area contributed by atoms with Gasteiger partial charge in [0, 0.05) is 0 Å². The number of thiol groups is 2. The number of carbonyl (C=O) groups excluding carboxylic acids is 4. The molecule has 6 nitrogen and oxygen atoms in total. The standard InChI is InChI=1S/2C5H6O3S.Ca/c2*1-2-3(6)4(9)5(7)8;/h2*2,4,9H,1H2,(H,7,8);/q;;+2/p-2. The van der Waals surface area contributed by atoms with Gasteiger partial charge in [-0.05, 0) is 12.2 Å². The average Bonchev–Trinajstić information content (AvgIpc) is 2.35. The minimum Gasteiger partial charge on any atom is -0.548 e. The van der Waals surface area contributed by atoms with Crippen molar-refractivity contribution in [1.29, 1.82) is 0 Å². The molecule has 2 atom stereocenters. The van der Waals surface area contributed by atoms with Crippen molar-refractivity contribution < 1.29 is 29.4 Å². The predicted molar refractivity (Wildman–Crippen MR) is 71.7 cm³/mol. The molecule has 2 unspecified atom stereocenters.